The second kappa shape index (κ2) is 3.90. The van der Waals surface area contributed by atoms with Crippen LogP contribution >= 0.6 is 0 Å². The van der Waals surface area contributed by atoms with Gasteiger partial charge in [-0.05, 0) is 0 Å². The third-order valence-electron chi connectivity index (χ3n) is 1.74. The first kappa shape index (κ1) is 8.77. The number of amides is 1. The highest BCUT2D eigenvalue weighted by Gasteiger charge is 2.24. The highest BCUT2D eigenvalue weighted by molar-refractivity contribution is 6.37. The summed E-state index contributed by atoms with van der Waals surface area (Å²) in [5.41, 5.74) is 0.344. The van der Waals surface area contributed by atoms with Gasteiger partial charge in [0.2, 0.25) is 0 Å². The van der Waals surface area contributed by atoms with E-state index in [0.717, 1.165) is 11.2 Å². The molecule has 0 unspecified atom stereocenters. The molecule has 0 aromatic heterocycles. The van der Waals surface area contributed by atoms with Crippen molar-refractivity contribution < 1.29 is 9.53 Å². The predicted octanol–water partition coefficient (Wildman–Crippen LogP) is 0.0337. The molecule has 0 spiro atoms. The van der Waals surface area contributed by atoms with Crippen molar-refractivity contribution in [1.82, 2.24) is 5.32 Å². The number of hydrogen-bond donors (Lipinski definition) is 1. The molecule has 0 fully saturated rings. The molecule has 66 valence electrons. The van der Waals surface area contributed by atoms with Crippen molar-refractivity contribution in [3.63, 3.8) is 0 Å². The summed E-state index contributed by atoms with van der Waals surface area (Å²) in [6, 6.07) is 0. The lowest BCUT2D eigenvalue weighted by molar-refractivity contribution is -0.447. The van der Waals surface area contributed by atoms with Crippen molar-refractivity contribution in [2.45, 2.75) is 12.8 Å². The molecule has 1 N–H and O–H groups in total. The Hall–Kier alpha value is -1.32. The van der Waals surface area contributed by atoms with Gasteiger partial charge in [-0.1, -0.05) is 6.08 Å². The zero-order chi connectivity index (χ0) is 8.97. The van der Waals surface area contributed by atoms with Crippen molar-refractivity contribution >= 4 is 11.6 Å². The Kier molecular flexibility index (Phi) is 2.85. The maximum atomic E-state index is 11.2. The van der Waals surface area contributed by atoms with E-state index >= 15 is 0 Å². The van der Waals surface area contributed by atoms with Crippen LogP contribution in [0.1, 0.15) is 12.8 Å². The molecule has 1 aliphatic heterocycles. The Morgan fingerprint density at radius 2 is 2.58 bits per heavy atom. The second-order valence-electron chi connectivity index (χ2n) is 2.65. The smallest absolute Gasteiger partial charge is 0.312 e. The van der Waals surface area contributed by atoms with Crippen molar-refractivity contribution in [2.24, 2.45) is 0 Å². The Bertz CT molecular complexity index is 233. The predicted molar refractivity (Wildman–Crippen MR) is 45.9 cm³/mol. The van der Waals surface area contributed by atoms with Crippen LogP contribution in [0.25, 0.3) is 0 Å². The Labute approximate surface area is 71.2 Å². The molecule has 0 aromatic carbocycles. The van der Waals surface area contributed by atoms with Crippen molar-refractivity contribution in [1.29, 1.82) is 0 Å². The number of hydroxylamine groups is 1. The first-order valence-electron chi connectivity index (χ1n) is 3.95. The van der Waals surface area contributed by atoms with Crippen LogP contribution in [0, 0.1) is 5.21 Å². The van der Waals surface area contributed by atoms with E-state index in [2.05, 4.69) is 11.9 Å². The Balaban J connectivity index is 2.51. The molecule has 1 amide bonds. The molecule has 1 rings (SSSR count). The van der Waals surface area contributed by atoms with Gasteiger partial charge in [-0.3, -0.25) is 4.79 Å². The summed E-state index contributed by atoms with van der Waals surface area (Å²) < 4.78 is 0.762. The minimum atomic E-state index is -0.262. The minimum absolute atomic E-state index is 0.262. The quantitative estimate of drug-likeness (QED) is 0.367. The second-order valence-corrected chi connectivity index (χ2v) is 2.65. The SMILES string of the molecule is C=CCNC(=O)C1=[N+]([O-])CCC1. The largest absolute Gasteiger partial charge is 0.623 e. The fourth-order valence-electron chi connectivity index (χ4n) is 1.14. The normalized spacial score (nSPS) is 16.3. The van der Waals surface area contributed by atoms with E-state index in [1.165, 1.54) is 0 Å². The molecule has 1 heterocycles. The van der Waals surface area contributed by atoms with Gasteiger partial charge in [0.1, 0.15) is 0 Å². The molecule has 0 saturated carbocycles. The Morgan fingerprint density at radius 3 is 3.08 bits per heavy atom. The van der Waals surface area contributed by atoms with Crippen LogP contribution in [0.3, 0.4) is 0 Å². The van der Waals surface area contributed by atoms with Crippen LogP contribution in [0.2, 0.25) is 0 Å². The molecule has 0 radical (unpaired) electrons. The van der Waals surface area contributed by atoms with E-state index in [1.54, 1.807) is 6.08 Å². The molecule has 0 saturated heterocycles. The zero-order valence-corrected chi connectivity index (χ0v) is 6.88. The monoisotopic (exact) mass is 168 g/mol. The maximum Gasteiger partial charge on any atom is 0.312 e. The summed E-state index contributed by atoms with van der Waals surface area (Å²) in [4.78, 5) is 11.2. The lowest BCUT2D eigenvalue weighted by Crippen LogP contribution is -2.33. The van der Waals surface area contributed by atoms with Crippen LogP contribution in [0.15, 0.2) is 12.7 Å². The molecular formula is C8H12N2O2. The Morgan fingerprint density at radius 1 is 1.83 bits per heavy atom. The van der Waals surface area contributed by atoms with Gasteiger partial charge in [0.05, 0.1) is 0 Å². The molecule has 4 nitrogen and oxygen atoms in total. The number of hydrogen-bond acceptors (Lipinski definition) is 2. The first-order valence-corrected chi connectivity index (χ1v) is 3.95. The summed E-state index contributed by atoms with van der Waals surface area (Å²) in [5.74, 6) is -0.262. The molecule has 0 aliphatic carbocycles. The summed E-state index contributed by atoms with van der Waals surface area (Å²) in [6.45, 7) is 4.32. The molecule has 0 bridgehead atoms. The van der Waals surface area contributed by atoms with Crippen LogP contribution in [0.4, 0.5) is 0 Å². The fourth-order valence-corrected chi connectivity index (χ4v) is 1.14. The average Bonchev–Trinajstić information content (AvgIpc) is 2.47. The summed E-state index contributed by atoms with van der Waals surface area (Å²) in [5, 5.41) is 13.5. The molecule has 4 heteroatoms. The van der Waals surface area contributed by atoms with E-state index < -0.39 is 0 Å². The van der Waals surface area contributed by atoms with Crippen molar-refractivity contribution in [2.75, 3.05) is 13.1 Å². The highest BCUT2D eigenvalue weighted by Crippen LogP contribution is 2.02. The van der Waals surface area contributed by atoms with E-state index in [9.17, 15) is 10.0 Å². The minimum Gasteiger partial charge on any atom is -0.623 e. The summed E-state index contributed by atoms with van der Waals surface area (Å²) >= 11 is 0. The van der Waals surface area contributed by atoms with Gasteiger partial charge in [0.15, 0.2) is 6.54 Å². The van der Waals surface area contributed by atoms with Gasteiger partial charge >= 0.3 is 5.91 Å². The lowest BCUT2D eigenvalue weighted by Gasteiger charge is -2.01. The first-order chi connectivity index (χ1) is 5.75. The van der Waals surface area contributed by atoms with Crippen LogP contribution in [-0.4, -0.2) is 29.4 Å². The number of carbonyl (C=O) groups excluding carboxylic acids is 1. The third kappa shape index (κ3) is 1.84. The van der Waals surface area contributed by atoms with Gasteiger partial charge < -0.3 is 10.5 Å². The fraction of sp³-hybridized carbons (Fsp3) is 0.500. The number of rotatable bonds is 3. The molecule has 12 heavy (non-hydrogen) atoms. The number of carbonyl (C=O) groups is 1. The molecule has 0 aromatic rings. The molecular weight excluding hydrogens is 156 g/mol. The van der Waals surface area contributed by atoms with E-state index in [-0.39, 0.29) is 5.91 Å². The van der Waals surface area contributed by atoms with Crippen LogP contribution < -0.4 is 5.32 Å². The van der Waals surface area contributed by atoms with E-state index in [0.29, 0.717) is 25.2 Å². The molecule has 1 aliphatic rings. The van der Waals surface area contributed by atoms with Gasteiger partial charge in [0, 0.05) is 19.4 Å². The summed E-state index contributed by atoms with van der Waals surface area (Å²) in [7, 11) is 0. The van der Waals surface area contributed by atoms with Gasteiger partial charge in [-0.2, -0.15) is 0 Å². The van der Waals surface area contributed by atoms with E-state index in [4.69, 9.17) is 0 Å². The maximum absolute atomic E-state index is 11.2. The molecule has 0 atom stereocenters. The topological polar surface area (TPSA) is 55.2 Å². The van der Waals surface area contributed by atoms with Crippen LogP contribution in [0.5, 0.6) is 0 Å². The lowest BCUT2D eigenvalue weighted by atomic mass is 10.2. The average molecular weight is 168 g/mol. The zero-order valence-electron chi connectivity index (χ0n) is 6.88. The van der Waals surface area contributed by atoms with Crippen LogP contribution in [-0.2, 0) is 4.79 Å². The van der Waals surface area contributed by atoms with E-state index in [1.807, 2.05) is 0 Å². The number of nitrogens with zero attached hydrogens (tertiary/aromatic N) is 1. The van der Waals surface area contributed by atoms with Crippen molar-refractivity contribution in [3.05, 3.63) is 17.9 Å². The van der Waals surface area contributed by atoms with Crippen molar-refractivity contribution in [3.8, 4) is 0 Å². The standard InChI is InChI=1S/C8H12N2O2/c1-2-5-9-8(11)7-4-3-6-10(7)12/h2H,1,3-6H2,(H,9,11). The van der Waals surface area contributed by atoms with Gasteiger partial charge in [-0.25, -0.2) is 4.74 Å². The van der Waals surface area contributed by atoms with Gasteiger partial charge in [-0.15, -0.1) is 6.58 Å². The third-order valence-corrected chi connectivity index (χ3v) is 1.74. The number of nitrogens with one attached hydrogen (secondary N) is 1. The van der Waals surface area contributed by atoms with Gasteiger partial charge in [0.25, 0.3) is 5.71 Å². The highest BCUT2D eigenvalue weighted by atomic mass is 16.5. The summed E-state index contributed by atoms with van der Waals surface area (Å²) in [6.07, 6.45) is 2.95.